The maximum Gasteiger partial charge on any atom is 0.129 e. The van der Waals surface area contributed by atoms with Gasteiger partial charge in [0.2, 0.25) is 0 Å². The summed E-state index contributed by atoms with van der Waals surface area (Å²) in [4.78, 5) is 8.40. The Morgan fingerprint density at radius 2 is 2.18 bits per heavy atom. The minimum absolute atomic E-state index is 0.782. The summed E-state index contributed by atoms with van der Waals surface area (Å²) in [7, 11) is 1.85. The van der Waals surface area contributed by atoms with Crippen LogP contribution in [0.4, 0.5) is 5.82 Å². The second kappa shape index (κ2) is 4.05. The zero-order chi connectivity index (χ0) is 11.7. The Labute approximate surface area is 99.7 Å². The van der Waals surface area contributed by atoms with E-state index in [1.807, 2.05) is 25.2 Å². The van der Waals surface area contributed by atoms with E-state index in [1.54, 1.807) is 6.33 Å². The predicted molar refractivity (Wildman–Crippen MR) is 66.2 cm³/mol. The van der Waals surface area contributed by atoms with Crippen molar-refractivity contribution in [3.05, 3.63) is 36.2 Å². The van der Waals surface area contributed by atoms with Gasteiger partial charge in [-0.3, -0.25) is 0 Å². The van der Waals surface area contributed by atoms with Crippen molar-refractivity contribution in [3.63, 3.8) is 0 Å². The second-order valence-corrected chi connectivity index (χ2v) is 3.96. The van der Waals surface area contributed by atoms with Crippen molar-refractivity contribution in [2.75, 3.05) is 19.0 Å². The number of hydrogen-bond donors (Lipinski definition) is 1. The fraction of sp³-hybridized carbons (Fsp3) is 0.231. The summed E-state index contributed by atoms with van der Waals surface area (Å²) in [5.41, 5.74) is 3.29. The third kappa shape index (κ3) is 1.82. The van der Waals surface area contributed by atoms with Crippen LogP contribution < -0.4 is 10.1 Å². The fourth-order valence-electron chi connectivity index (χ4n) is 2.00. The molecule has 0 aliphatic carbocycles. The van der Waals surface area contributed by atoms with Gasteiger partial charge in [-0.2, -0.15) is 0 Å². The first-order chi connectivity index (χ1) is 8.36. The lowest BCUT2D eigenvalue weighted by Gasteiger charge is -2.05. The summed E-state index contributed by atoms with van der Waals surface area (Å²) >= 11 is 0. The minimum Gasteiger partial charge on any atom is -0.493 e. The Morgan fingerprint density at radius 3 is 3.06 bits per heavy atom. The van der Waals surface area contributed by atoms with Crippen molar-refractivity contribution < 1.29 is 4.74 Å². The van der Waals surface area contributed by atoms with Gasteiger partial charge in [0.1, 0.15) is 17.9 Å². The molecule has 4 nitrogen and oxygen atoms in total. The molecular weight excluding hydrogens is 214 g/mol. The lowest BCUT2D eigenvalue weighted by molar-refractivity contribution is 0.357. The van der Waals surface area contributed by atoms with Crippen molar-refractivity contribution in [1.29, 1.82) is 0 Å². The highest BCUT2D eigenvalue weighted by Crippen LogP contribution is 2.29. The van der Waals surface area contributed by atoms with Gasteiger partial charge in [-0.25, -0.2) is 9.97 Å². The molecule has 0 spiro atoms. The monoisotopic (exact) mass is 227 g/mol. The maximum atomic E-state index is 5.49. The van der Waals surface area contributed by atoms with Crippen LogP contribution in [0.3, 0.4) is 0 Å². The number of fused-ring (bicyclic) bond motifs is 1. The molecule has 0 radical (unpaired) electrons. The normalized spacial score (nSPS) is 13.0. The molecule has 0 fully saturated rings. The van der Waals surface area contributed by atoms with Gasteiger partial charge in [0, 0.05) is 25.1 Å². The first-order valence-electron chi connectivity index (χ1n) is 5.63. The van der Waals surface area contributed by atoms with Crippen molar-refractivity contribution in [1.82, 2.24) is 9.97 Å². The third-order valence-corrected chi connectivity index (χ3v) is 2.91. The maximum absolute atomic E-state index is 5.49. The highest BCUT2D eigenvalue weighted by Gasteiger charge is 2.13. The summed E-state index contributed by atoms with van der Waals surface area (Å²) in [5.74, 6) is 1.82. The van der Waals surface area contributed by atoms with Crippen LogP contribution in [0, 0.1) is 0 Å². The lowest BCUT2D eigenvalue weighted by Crippen LogP contribution is -1.94. The van der Waals surface area contributed by atoms with Gasteiger partial charge in [0.25, 0.3) is 0 Å². The molecule has 0 atom stereocenters. The van der Waals surface area contributed by atoms with Gasteiger partial charge >= 0.3 is 0 Å². The number of nitrogens with zero attached hydrogens (tertiary/aromatic N) is 2. The molecule has 1 aromatic heterocycles. The van der Waals surface area contributed by atoms with Crippen LogP contribution in [0.15, 0.2) is 30.6 Å². The molecule has 0 unspecified atom stereocenters. The van der Waals surface area contributed by atoms with E-state index in [-0.39, 0.29) is 0 Å². The van der Waals surface area contributed by atoms with Crippen LogP contribution in [-0.4, -0.2) is 23.6 Å². The van der Waals surface area contributed by atoms with Gasteiger partial charge in [0.05, 0.1) is 12.3 Å². The molecule has 1 aromatic carbocycles. The molecule has 2 heterocycles. The number of hydrogen-bond acceptors (Lipinski definition) is 4. The van der Waals surface area contributed by atoms with Crippen LogP contribution in [-0.2, 0) is 6.42 Å². The smallest absolute Gasteiger partial charge is 0.129 e. The molecule has 1 N–H and O–H groups in total. The van der Waals surface area contributed by atoms with Crippen LogP contribution in [0.2, 0.25) is 0 Å². The Morgan fingerprint density at radius 1 is 1.24 bits per heavy atom. The van der Waals surface area contributed by atoms with Crippen LogP contribution >= 0.6 is 0 Å². The van der Waals surface area contributed by atoms with E-state index in [0.29, 0.717) is 0 Å². The number of rotatable bonds is 2. The molecule has 2 aromatic rings. The quantitative estimate of drug-likeness (QED) is 0.853. The van der Waals surface area contributed by atoms with E-state index in [0.717, 1.165) is 35.9 Å². The van der Waals surface area contributed by atoms with E-state index < -0.39 is 0 Å². The third-order valence-electron chi connectivity index (χ3n) is 2.91. The molecule has 1 aliphatic rings. The molecule has 17 heavy (non-hydrogen) atoms. The van der Waals surface area contributed by atoms with Gasteiger partial charge in [-0.05, 0) is 23.8 Å². The SMILES string of the molecule is CNc1cc(-c2ccc3c(c2)CCO3)ncn1. The van der Waals surface area contributed by atoms with Crippen LogP contribution in [0.5, 0.6) is 5.75 Å². The number of nitrogens with one attached hydrogen (secondary N) is 1. The summed E-state index contributed by atoms with van der Waals surface area (Å²) in [5, 5.41) is 3.01. The molecule has 0 saturated heterocycles. The molecule has 86 valence electrons. The molecule has 1 aliphatic heterocycles. The van der Waals surface area contributed by atoms with Gasteiger partial charge in [0.15, 0.2) is 0 Å². The minimum atomic E-state index is 0.782. The number of aromatic nitrogens is 2. The standard InChI is InChI=1S/C13H13N3O/c1-14-13-7-11(15-8-16-13)9-2-3-12-10(6-9)4-5-17-12/h2-3,6-8H,4-5H2,1H3,(H,14,15,16). The molecule has 0 saturated carbocycles. The zero-order valence-electron chi connectivity index (χ0n) is 9.60. The Balaban J connectivity index is 2.03. The predicted octanol–water partition coefficient (Wildman–Crippen LogP) is 2.12. The average molecular weight is 227 g/mol. The molecular formula is C13H13N3O. The Bertz CT molecular complexity index is 554. The van der Waals surface area contributed by atoms with Crippen molar-refractivity contribution >= 4 is 5.82 Å². The highest BCUT2D eigenvalue weighted by atomic mass is 16.5. The number of benzene rings is 1. The Kier molecular flexibility index (Phi) is 2.40. The topological polar surface area (TPSA) is 47.0 Å². The van der Waals surface area contributed by atoms with E-state index in [4.69, 9.17) is 4.74 Å². The first kappa shape index (κ1) is 10.1. The fourth-order valence-corrected chi connectivity index (χ4v) is 2.00. The molecule has 0 bridgehead atoms. The molecule has 4 heteroatoms. The average Bonchev–Trinajstić information content (AvgIpc) is 2.86. The number of ether oxygens (including phenoxy) is 1. The van der Waals surface area contributed by atoms with Crippen LogP contribution in [0.1, 0.15) is 5.56 Å². The second-order valence-electron chi connectivity index (χ2n) is 3.96. The summed E-state index contributed by atoms with van der Waals surface area (Å²) in [6, 6.07) is 8.13. The Hall–Kier alpha value is -2.10. The summed E-state index contributed by atoms with van der Waals surface area (Å²) in [6.07, 6.45) is 2.55. The van der Waals surface area contributed by atoms with E-state index in [2.05, 4.69) is 21.4 Å². The van der Waals surface area contributed by atoms with Gasteiger partial charge < -0.3 is 10.1 Å². The number of anilines is 1. The largest absolute Gasteiger partial charge is 0.493 e. The summed E-state index contributed by atoms with van der Waals surface area (Å²) in [6.45, 7) is 0.782. The van der Waals surface area contributed by atoms with Crippen molar-refractivity contribution in [3.8, 4) is 17.0 Å². The van der Waals surface area contributed by atoms with Gasteiger partial charge in [-0.1, -0.05) is 0 Å². The van der Waals surface area contributed by atoms with Gasteiger partial charge in [-0.15, -0.1) is 0 Å². The summed E-state index contributed by atoms with van der Waals surface area (Å²) < 4.78 is 5.49. The van der Waals surface area contributed by atoms with Crippen molar-refractivity contribution in [2.45, 2.75) is 6.42 Å². The van der Waals surface area contributed by atoms with Crippen LogP contribution in [0.25, 0.3) is 11.3 Å². The van der Waals surface area contributed by atoms with E-state index in [9.17, 15) is 0 Å². The van der Waals surface area contributed by atoms with E-state index in [1.165, 1.54) is 5.56 Å². The molecule has 0 amide bonds. The zero-order valence-corrected chi connectivity index (χ0v) is 9.60. The highest BCUT2D eigenvalue weighted by molar-refractivity contribution is 5.64. The lowest BCUT2D eigenvalue weighted by atomic mass is 10.1. The van der Waals surface area contributed by atoms with E-state index >= 15 is 0 Å². The molecule has 3 rings (SSSR count). The first-order valence-corrected chi connectivity index (χ1v) is 5.63. The van der Waals surface area contributed by atoms with Crippen molar-refractivity contribution in [2.24, 2.45) is 0 Å².